The number of benzene rings is 2. The van der Waals surface area contributed by atoms with Crippen LogP contribution in [0.2, 0.25) is 5.02 Å². The number of hydrogen-bond acceptors (Lipinski definition) is 2. The minimum atomic E-state index is 0.764. The van der Waals surface area contributed by atoms with Crippen molar-refractivity contribution >= 4 is 27.9 Å². The summed E-state index contributed by atoms with van der Waals surface area (Å²) in [6.45, 7) is 0. The average molecular weight is 311 g/mol. The number of rotatable bonds is 2. The maximum Gasteiger partial charge on any atom is 0.194 e. The number of hydrogen-bond donors (Lipinski definition) is 0. The predicted octanol–water partition coefficient (Wildman–Crippen LogP) is 5.38. The van der Waals surface area contributed by atoms with Gasteiger partial charge in [-0.1, -0.05) is 48.0 Å². The van der Waals surface area contributed by atoms with Crippen molar-refractivity contribution in [2.24, 2.45) is 0 Å². The summed E-state index contributed by atoms with van der Waals surface area (Å²) in [4.78, 5) is 5.66. The van der Waals surface area contributed by atoms with Crippen LogP contribution >= 0.6 is 22.9 Å². The Labute approximate surface area is 131 Å². The van der Waals surface area contributed by atoms with E-state index in [0.717, 1.165) is 32.4 Å². The molecule has 0 fully saturated rings. The van der Waals surface area contributed by atoms with Gasteiger partial charge in [-0.15, -0.1) is 11.3 Å². The van der Waals surface area contributed by atoms with Gasteiger partial charge in [0.2, 0.25) is 0 Å². The number of nitrogens with zero attached hydrogens (tertiary/aromatic N) is 2. The topological polar surface area (TPSA) is 17.3 Å². The van der Waals surface area contributed by atoms with Crippen molar-refractivity contribution in [2.45, 2.75) is 0 Å². The third kappa shape index (κ3) is 2.24. The van der Waals surface area contributed by atoms with E-state index in [-0.39, 0.29) is 0 Å². The molecule has 2 aromatic carbocycles. The zero-order chi connectivity index (χ0) is 14.2. The van der Waals surface area contributed by atoms with E-state index in [0.29, 0.717) is 0 Å². The normalized spacial score (nSPS) is 11.1. The standard InChI is InChI=1S/C17H11ClN2S/c18-15-7-2-1-6-14(15)12-4-3-5-13(10-12)16-11-20-8-9-21-17(20)19-16/h1-11H. The molecule has 2 nitrogen and oxygen atoms in total. The van der Waals surface area contributed by atoms with E-state index in [1.165, 1.54) is 0 Å². The molecule has 0 aliphatic carbocycles. The fourth-order valence-electron chi connectivity index (χ4n) is 2.41. The van der Waals surface area contributed by atoms with Crippen LogP contribution in [0.5, 0.6) is 0 Å². The number of fused-ring (bicyclic) bond motifs is 1. The Balaban J connectivity index is 1.83. The molecule has 0 saturated carbocycles. The van der Waals surface area contributed by atoms with Crippen molar-refractivity contribution in [3.8, 4) is 22.4 Å². The fraction of sp³-hybridized carbons (Fsp3) is 0. The summed E-state index contributed by atoms with van der Waals surface area (Å²) >= 11 is 7.92. The van der Waals surface area contributed by atoms with E-state index in [1.54, 1.807) is 11.3 Å². The summed E-state index contributed by atoms with van der Waals surface area (Å²) in [5, 5.41) is 2.80. The highest BCUT2D eigenvalue weighted by Crippen LogP contribution is 2.31. The Morgan fingerprint density at radius 1 is 1.00 bits per heavy atom. The largest absolute Gasteiger partial charge is 0.297 e. The molecule has 0 radical (unpaired) electrons. The quantitative estimate of drug-likeness (QED) is 0.485. The molecule has 0 atom stereocenters. The lowest BCUT2D eigenvalue weighted by Crippen LogP contribution is -1.82. The molecule has 0 bridgehead atoms. The van der Waals surface area contributed by atoms with Gasteiger partial charge in [-0.2, -0.15) is 0 Å². The number of halogens is 1. The molecule has 0 spiro atoms. The summed E-state index contributed by atoms with van der Waals surface area (Å²) in [5.41, 5.74) is 4.23. The first-order valence-electron chi connectivity index (χ1n) is 6.59. The van der Waals surface area contributed by atoms with Crippen LogP contribution in [0.1, 0.15) is 0 Å². The van der Waals surface area contributed by atoms with Crippen LogP contribution in [-0.4, -0.2) is 9.38 Å². The van der Waals surface area contributed by atoms with E-state index in [4.69, 9.17) is 11.6 Å². The van der Waals surface area contributed by atoms with Crippen LogP contribution in [-0.2, 0) is 0 Å². The Kier molecular flexibility index (Phi) is 3.02. The molecule has 0 aliphatic heterocycles. The van der Waals surface area contributed by atoms with Gasteiger partial charge in [0, 0.05) is 33.9 Å². The van der Waals surface area contributed by atoms with Gasteiger partial charge in [0.15, 0.2) is 4.96 Å². The van der Waals surface area contributed by atoms with E-state index in [1.807, 2.05) is 46.3 Å². The molecule has 0 N–H and O–H groups in total. The summed E-state index contributed by atoms with van der Waals surface area (Å²) in [7, 11) is 0. The molecule has 102 valence electrons. The molecule has 4 aromatic rings. The van der Waals surface area contributed by atoms with Gasteiger partial charge in [0.1, 0.15) is 0 Å². The smallest absolute Gasteiger partial charge is 0.194 e. The predicted molar refractivity (Wildman–Crippen MR) is 89.0 cm³/mol. The lowest BCUT2D eigenvalue weighted by atomic mass is 10.0. The zero-order valence-electron chi connectivity index (χ0n) is 11.0. The molecule has 0 aliphatic rings. The molecule has 0 saturated heterocycles. The Morgan fingerprint density at radius 2 is 1.86 bits per heavy atom. The fourth-order valence-corrected chi connectivity index (χ4v) is 3.35. The maximum atomic E-state index is 6.29. The summed E-state index contributed by atoms with van der Waals surface area (Å²) < 4.78 is 2.04. The SMILES string of the molecule is Clc1ccccc1-c1cccc(-c2cn3ccsc3n2)c1. The van der Waals surface area contributed by atoms with Crippen molar-refractivity contribution in [2.75, 3.05) is 0 Å². The molecular weight excluding hydrogens is 300 g/mol. The average Bonchev–Trinajstić information content (AvgIpc) is 3.09. The molecule has 21 heavy (non-hydrogen) atoms. The Bertz CT molecular complexity index is 895. The van der Waals surface area contributed by atoms with Gasteiger partial charge in [-0.3, -0.25) is 4.40 Å². The lowest BCUT2D eigenvalue weighted by Gasteiger charge is -2.05. The second-order valence-corrected chi connectivity index (χ2v) is 6.06. The molecule has 2 aromatic heterocycles. The number of aromatic nitrogens is 2. The van der Waals surface area contributed by atoms with Crippen LogP contribution in [0.15, 0.2) is 66.3 Å². The van der Waals surface area contributed by atoms with Gasteiger partial charge in [-0.25, -0.2) is 4.98 Å². The third-order valence-corrected chi connectivity index (χ3v) is 4.54. The van der Waals surface area contributed by atoms with Crippen LogP contribution in [0.25, 0.3) is 27.3 Å². The molecule has 4 heteroatoms. The van der Waals surface area contributed by atoms with E-state index < -0.39 is 0 Å². The first-order valence-corrected chi connectivity index (χ1v) is 7.84. The molecule has 2 heterocycles. The van der Waals surface area contributed by atoms with Crippen LogP contribution < -0.4 is 0 Å². The second-order valence-electron chi connectivity index (χ2n) is 4.78. The van der Waals surface area contributed by atoms with Crippen LogP contribution in [0, 0.1) is 0 Å². The van der Waals surface area contributed by atoms with Gasteiger partial charge < -0.3 is 0 Å². The highest BCUT2D eigenvalue weighted by molar-refractivity contribution is 7.15. The minimum Gasteiger partial charge on any atom is -0.297 e. The van der Waals surface area contributed by atoms with Crippen molar-refractivity contribution in [3.63, 3.8) is 0 Å². The second kappa shape index (κ2) is 5.02. The van der Waals surface area contributed by atoms with E-state index in [2.05, 4.69) is 29.4 Å². The summed E-state index contributed by atoms with van der Waals surface area (Å²) in [6.07, 6.45) is 4.08. The monoisotopic (exact) mass is 310 g/mol. The minimum absolute atomic E-state index is 0.764. The Morgan fingerprint density at radius 3 is 2.71 bits per heavy atom. The van der Waals surface area contributed by atoms with Crippen LogP contribution in [0.3, 0.4) is 0 Å². The molecule has 4 rings (SSSR count). The summed E-state index contributed by atoms with van der Waals surface area (Å²) in [6, 6.07) is 16.2. The van der Waals surface area contributed by atoms with E-state index >= 15 is 0 Å². The van der Waals surface area contributed by atoms with Crippen LogP contribution in [0.4, 0.5) is 0 Å². The zero-order valence-corrected chi connectivity index (χ0v) is 12.6. The van der Waals surface area contributed by atoms with Crippen molar-refractivity contribution in [1.82, 2.24) is 9.38 Å². The number of thiazole rings is 1. The Hall–Kier alpha value is -2.10. The van der Waals surface area contributed by atoms with Gasteiger partial charge >= 0.3 is 0 Å². The van der Waals surface area contributed by atoms with Crippen molar-refractivity contribution < 1.29 is 0 Å². The first-order chi connectivity index (χ1) is 10.3. The number of imidazole rings is 1. The third-order valence-electron chi connectivity index (χ3n) is 3.44. The summed E-state index contributed by atoms with van der Waals surface area (Å²) in [5.74, 6) is 0. The first kappa shape index (κ1) is 12.6. The van der Waals surface area contributed by atoms with Gasteiger partial charge in [0.25, 0.3) is 0 Å². The maximum absolute atomic E-state index is 6.29. The highest BCUT2D eigenvalue weighted by atomic mass is 35.5. The van der Waals surface area contributed by atoms with Gasteiger partial charge in [0.05, 0.1) is 5.69 Å². The lowest BCUT2D eigenvalue weighted by molar-refractivity contribution is 1.23. The van der Waals surface area contributed by atoms with Gasteiger partial charge in [-0.05, 0) is 17.7 Å². The van der Waals surface area contributed by atoms with E-state index in [9.17, 15) is 0 Å². The van der Waals surface area contributed by atoms with Crippen molar-refractivity contribution in [3.05, 3.63) is 71.3 Å². The molecule has 0 unspecified atom stereocenters. The molecular formula is C17H11ClN2S. The van der Waals surface area contributed by atoms with Crippen molar-refractivity contribution in [1.29, 1.82) is 0 Å². The molecule has 0 amide bonds. The highest BCUT2D eigenvalue weighted by Gasteiger charge is 2.08.